The molecule has 1 aliphatic rings. The molecule has 1 fully saturated rings. The zero-order valence-corrected chi connectivity index (χ0v) is 21.6. The molecule has 0 radical (unpaired) electrons. The lowest BCUT2D eigenvalue weighted by atomic mass is 9.97. The molecule has 2 aromatic carbocycles. The van der Waals surface area contributed by atoms with Gasteiger partial charge < -0.3 is 10.1 Å². The Morgan fingerprint density at radius 3 is 2.44 bits per heavy atom. The number of hydrogen-bond acceptors (Lipinski definition) is 4. The number of carbonyl (C=O) groups is 1. The van der Waals surface area contributed by atoms with E-state index in [1.165, 1.54) is 29.6 Å². The quantitative estimate of drug-likeness (QED) is 0.516. The number of sulfonamides is 1. The summed E-state index contributed by atoms with van der Waals surface area (Å²) in [6.07, 6.45) is 2.82. The van der Waals surface area contributed by atoms with Crippen LogP contribution >= 0.6 is 27.5 Å². The number of ether oxygens (including phenoxy) is 1. The first kappa shape index (κ1) is 25.0. The number of benzene rings is 2. The molecule has 3 rings (SSSR count). The highest BCUT2D eigenvalue weighted by atomic mass is 79.9. The van der Waals surface area contributed by atoms with E-state index in [2.05, 4.69) is 21.2 Å². The molecule has 1 aliphatic heterocycles. The number of hydrogen-bond donors (Lipinski definition) is 1. The van der Waals surface area contributed by atoms with Crippen LogP contribution in [0.5, 0.6) is 5.75 Å². The summed E-state index contributed by atoms with van der Waals surface area (Å²) in [5.74, 6) is -0.163. The van der Waals surface area contributed by atoms with Gasteiger partial charge in [0.05, 0.1) is 22.9 Å². The van der Waals surface area contributed by atoms with Crippen molar-refractivity contribution in [2.24, 2.45) is 5.92 Å². The first-order chi connectivity index (χ1) is 15.2. The van der Waals surface area contributed by atoms with Gasteiger partial charge in [0, 0.05) is 23.2 Å². The summed E-state index contributed by atoms with van der Waals surface area (Å²) in [5.41, 5.74) is 2.94. The molecule has 174 valence electrons. The summed E-state index contributed by atoms with van der Waals surface area (Å²) >= 11 is 9.67. The molecule has 0 aliphatic carbocycles. The molecule has 0 spiro atoms. The molecule has 0 aromatic heterocycles. The maximum absolute atomic E-state index is 13.2. The maximum atomic E-state index is 13.2. The Hall–Kier alpha value is -1.61. The second kappa shape index (κ2) is 10.5. The smallest absolute Gasteiger partial charge is 0.243 e. The molecule has 0 bridgehead atoms. The van der Waals surface area contributed by atoms with Crippen LogP contribution in [0, 0.1) is 5.92 Å². The lowest BCUT2D eigenvalue weighted by Gasteiger charge is -2.31. The fourth-order valence-electron chi connectivity index (χ4n) is 4.00. The summed E-state index contributed by atoms with van der Waals surface area (Å²) in [6, 6.07) is 8.43. The van der Waals surface area contributed by atoms with E-state index in [9.17, 15) is 13.2 Å². The van der Waals surface area contributed by atoms with Crippen LogP contribution in [0.4, 0.5) is 5.69 Å². The van der Waals surface area contributed by atoms with Gasteiger partial charge in [-0.3, -0.25) is 4.79 Å². The predicted octanol–water partition coefficient (Wildman–Crippen LogP) is 5.28. The molecule has 1 atom stereocenters. The normalized spacial score (nSPS) is 17.2. The third-order valence-corrected chi connectivity index (χ3v) is 8.41. The minimum Gasteiger partial charge on any atom is -0.495 e. The lowest BCUT2D eigenvalue weighted by molar-refractivity contribution is -0.120. The van der Waals surface area contributed by atoms with E-state index >= 15 is 0 Å². The summed E-state index contributed by atoms with van der Waals surface area (Å²) in [4.78, 5) is 13.2. The van der Waals surface area contributed by atoms with Crippen LogP contribution in [-0.2, 0) is 27.7 Å². The van der Waals surface area contributed by atoms with Crippen molar-refractivity contribution in [3.05, 3.63) is 51.0 Å². The van der Waals surface area contributed by atoms with Gasteiger partial charge in [-0.2, -0.15) is 4.31 Å². The fourth-order valence-corrected chi connectivity index (χ4v) is 6.43. The average Bonchev–Trinajstić information content (AvgIpc) is 2.79. The molecule has 2 aromatic rings. The molecule has 0 saturated carbocycles. The number of halogens is 2. The van der Waals surface area contributed by atoms with Crippen LogP contribution in [0.2, 0.25) is 5.02 Å². The minimum absolute atomic E-state index is 0.0961. The zero-order valence-electron chi connectivity index (χ0n) is 18.5. The Kier molecular flexibility index (Phi) is 8.25. The number of rotatable bonds is 7. The number of amides is 1. The third kappa shape index (κ3) is 5.30. The summed E-state index contributed by atoms with van der Waals surface area (Å²) in [5, 5.41) is 3.33. The van der Waals surface area contributed by atoms with Gasteiger partial charge in [0.2, 0.25) is 15.9 Å². The summed E-state index contributed by atoms with van der Waals surface area (Å²) in [6.45, 7) is 4.60. The number of carbonyl (C=O) groups excluding carboxylic acids is 1. The standard InChI is InChI=1S/C23H28BrClN2O4S/c1-4-15-11-18(24)12-16(5-2)22(15)26-23(28)17-7-6-10-27(14-17)32(29,30)19-8-9-21(31-3)20(25)13-19/h8-9,11-13,17H,4-7,10,14H2,1-3H3,(H,26,28). The molecular weight excluding hydrogens is 516 g/mol. The van der Waals surface area contributed by atoms with Crippen LogP contribution in [0.25, 0.3) is 0 Å². The third-order valence-electron chi connectivity index (χ3n) is 5.79. The van der Waals surface area contributed by atoms with E-state index in [-0.39, 0.29) is 22.4 Å². The Bertz CT molecular complexity index is 1080. The van der Waals surface area contributed by atoms with E-state index < -0.39 is 15.9 Å². The molecule has 9 heteroatoms. The van der Waals surface area contributed by atoms with Crippen LogP contribution in [0.1, 0.15) is 37.8 Å². The van der Waals surface area contributed by atoms with Gasteiger partial charge in [-0.15, -0.1) is 0 Å². The number of aryl methyl sites for hydroxylation is 2. The number of piperidine rings is 1. The summed E-state index contributed by atoms with van der Waals surface area (Å²) in [7, 11) is -2.30. The van der Waals surface area contributed by atoms with Crippen LogP contribution in [0.15, 0.2) is 39.7 Å². The molecule has 1 N–H and O–H groups in total. The fraction of sp³-hybridized carbons (Fsp3) is 0.435. The van der Waals surface area contributed by atoms with Gasteiger partial charge in [-0.25, -0.2) is 8.42 Å². The minimum atomic E-state index is -3.77. The Labute approximate surface area is 203 Å². The van der Waals surface area contributed by atoms with Gasteiger partial charge in [0.1, 0.15) is 5.75 Å². The molecule has 1 heterocycles. The van der Waals surface area contributed by atoms with Crippen molar-refractivity contribution in [3.8, 4) is 5.75 Å². The summed E-state index contributed by atoms with van der Waals surface area (Å²) < 4.78 is 33.9. The highest BCUT2D eigenvalue weighted by Crippen LogP contribution is 2.32. The van der Waals surface area contributed by atoms with E-state index in [0.717, 1.165) is 34.1 Å². The van der Waals surface area contributed by atoms with Crippen molar-refractivity contribution in [3.63, 3.8) is 0 Å². The first-order valence-corrected chi connectivity index (χ1v) is 13.3. The topological polar surface area (TPSA) is 75.7 Å². The van der Waals surface area contributed by atoms with Crippen LogP contribution < -0.4 is 10.1 Å². The highest BCUT2D eigenvalue weighted by Gasteiger charge is 2.34. The van der Waals surface area contributed by atoms with Crippen LogP contribution in [0.3, 0.4) is 0 Å². The monoisotopic (exact) mass is 542 g/mol. The van der Waals surface area contributed by atoms with Crippen LogP contribution in [-0.4, -0.2) is 38.8 Å². The highest BCUT2D eigenvalue weighted by molar-refractivity contribution is 9.10. The first-order valence-electron chi connectivity index (χ1n) is 10.7. The number of anilines is 1. The maximum Gasteiger partial charge on any atom is 0.243 e. The van der Waals surface area contributed by atoms with Crippen molar-refractivity contribution < 1.29 is 17.9 Å². The van der Waals surface area contributed by atoms with E-state index in [0.29, 0.717) is 25.1 Å². The predicted molar refractivity (Wildman–Crippen MR) is 131 cm³/mol. The second-order valence-corrected chi connectivity index (χ2v) is 11.1. The molecule has 6 nitrogen and oxygen atoms in total. The van der Waals surface area contributed by atoms with E-state index in [1.54, 1.807) is 0 Å². The zero-order chi connectivity index (χ0) is 23.5. The molecular formula is C23H28BrClN2O4S. The van der Waals surface area contributed by atoms with Gasteiger partial charge >= 0.3 is 0 Å². The van der Waals surface area contributed by atoms with Gasteiger partial charge in [-0.05, 0) is 67.1 Å². The van der Waals surface area contributed by atoms with E-state index in [4.69, 9.17) is 16.3 Å². The molecule has 1 unspecified atom stereocenters. The average molecular weight is 544 g/mol. The SMILES string of the molecule is CCc1cc(Br)cc(CC)c1NC(=O)C1CCCN(S(=O)(=O)c2ccc(OC)c(Cl)c2)C1. The van der Waals surface area contributed by atoms with Gasteiger partial charge in [-0.1, -0.05) is 41.4 Å². The van der Waals surface area contributed by atoms with Gasteiger partial charge in [0.25, 0.3) is 0 Å². The molecule has 1 amide bonds. The number of methoxy groups -OCH3 is 1. The Balaban J connectivity index is 1.80. The molecule has 32 heavy (non-hydrogen) atoms. The van der Waals surface area contributed by atoms with Crippen molar-refractivity contribution >= 4 is 49.1 Å². The number of nitrogens with zero attached hydrogens (tertiary/aromatic N) is 1. The van der Waals surface area contributed by atoms with Crippen molar-refractivity contribution in [2.75, 3.05) is 25.5 Å². The van der Waals surface area contributed by atoms with Crippen molar-refractivity contribution in [1.29, 1.82) is 0 Å². The lowest BCUT2D eigenvalue weighted by Crippen LogP contribution is -2.43. The van der Waals surface area contributed by atoms with Crippen molar-refractivity contribution in [2.45, 2.75) is 44.4 Å². The van der Waals surface area contributed by atoms with E-state index in [1.807, 2.05) is 26.0 Å². The largest absolute Gasteiger partial charge is 0.495 e. The van der Waals surface area contributed by atoms with Gasteiger partial charge in [0.15, 0.2) is 0 Å². The second-order valence-electron chi connectivity index (χ2n) is 7.79. The number of nitrogens with one attached hydrogen (secondary N) is 1. The molecule has 1 saturated heterocycles. The Morgan fingerprint density at radius 1 is 1.22 bits per heavy atom. The van der Waals surface area contributed by atoms with Crippen molar-refractivity contribution in [1.82, 2.24) is 4.31 Å². The Morgan fingerprint density at radius 2 is 1.88 bits per heavy atom.